The van der Waals surface area contributed by atoms with Gasteiger partial charge < -0.3 is 0 Å². The number of nitrogens with one attached hydrogen (secondary N) is 1. The monoisotopic (exact) mass is 246 g/mol. The Morgan fingerprint density at radius 3 is 2.59 bits per heavy atom. The van der Waals surface area contributed by atoms with Gasteiger partial charge >= 0.3 is 0 Å². The molecule has 0 radical (unpaired) electrons. The van der Waals surface area contributed by atoms with Crippen molar-refractivity contribution in [3.8, 4) is 0 Å². The van der Waals surface area contributed by atoms with E-state index in [0.717, 1.165) is 6.42 Å². The average molecular weight is 246 g/mol. The van der Waals surface area contributed by atoms with Crippen molar-refractivity contribution in [2.75, 3.05) is 0 Å². The predicted octanol–water partition coefficient (Wildman–Crippen LogP) is 3.11. The first-order valence-corrected chi connectivity index (χ1v) is 6.65. The maximum atomic E-state index is 5.69. The fourth-order valence-electron chi connectivity index (χ4n) is 2.07. The van der Waals surface area contributed by atoms with E-state index in [1.807, 2.05) is 0 Å². The van der Waals surface area contributed by atoms with Gasteiger partial charge in [-0.25, -0.2) is 0 Å². The lowest BCUT2D eigenvalue weighted by Crippen LogP contribution is -2.29. The van der Waals surface area contributed by atoms with Crippen LogP contribution in [0, 0.1) is 13.8 Å². The van der Waals surface area contributed by atoms with Gasteiger partial charge in [0.05, 0.1) is 6.04 Å². The standard InChI is InChI=1S/C14H18N2S/c1-10-5-3-4-6-12(10)9-14(16-15)13-7-8-17-11(13)2/h3-8,14,16H,9,15H2,1-2H3. The zero-order chi connectivity index (χ0) is 12.3. The maximum Gasteiger partial charge on any atom is 0.0511 e. The molecule has 0 aliphatic heterocycles. The number of nitrogens with two attached hydrogens (primary N) is 1. The molecule has 1 atom stereocenters. The van der Waals surface area contributed by atoms with E-state index in [9.17, 15) is 0 Å². The maximum absolute atomic E-state index is 5.69. The van der Waals surface area contributed by atoms with Crippen LogP contribution in [0.1, 0.15) is 27.6 Å². The van der Waals surface area contributed by atoms with Gasteiger partial charge in [0.15, 0.2) is 0 Å². The molecule has 0 saturated heterocycles. The van der Waals surface area contributed by atoms with Crippen LogP contribution in [0.4, 0.5) is 0 Å². The molecule has 3 heteroatoms. The average Bonchev–Trinajstić information content (AvgIpc) is 2.75. The number of thiophene rings is 1. The van der Waals surface area contributed by atoms with E-state index >= 15 is 0 Å². The summed E-state index contributed by atoms with van der Waals surface area (Å²) in [6.07, 6.45) is 0.931. The van der Waals surface area contributed by atoms with E-state index in [2.05, 4.69) is 55.0 Å². The van der Waals surface area contributed by atoms with Gasteiger partial charge in [-0.3, -0.25) is 11.3 Å². The number of aryl methyl sites for hydroxylation is 2. The van der Waals surface area contributed by atoms with Crippen molar-refractivity contribution in [1.82, 2.24) is 5.43 Å². The van der Waals surface area contributed by atoms with Gasteiger partial charge in [0.25, 0.3) is 0 Å². The minimum atomic E-state index is 0.197. The quantitative estimate of drug-likeness (QED) is 0.642. The summed E-state index contributed by atoms with van der Waals surface area (Å²) in [5.41, 5.74) is 6.90. The van der Waals surface area contributed by atoms with Crippen molar-refractivity contribution >= 4 is 11.3 Å². The number of hydrogen-bond acceptors (Lipinski definition) is 3. The Hall–Kier alpha value is -1.16. The van der Waals surface area contributed by atoms with Crippen LogP contribution < -0.4 is 11.3 Å². The number of rotatable bonds is 4. The zero-order valence-electron chi connectivity index (χ0n) is 10.2. The molecule has 1 unspecified atom stereocenters. The molecule has 2 aromatic rings. The normalized spacial score (nSPS) is 12.6. The Morgan fingerprint density at radius 2 is 2.00 bits per heavy atom. The van der Waals surface area contributed by atoms with E-state index in [4.69, 9.17) is 5.84 Å². The van der Waals surface area contributed by atoms with Crippen molar-refractivity contribution in [2.45, 2.75) is 26.3 Å². The summed E-state index contributed by atoms with van der Waals surface area (Å²) in [5, 5.41) is 2.12. The fourth-order valence-corrected chi connectivity index (χ4v) is 2.84. The highest BCUT2D eigenvalue weighted by atomic mass is 32.1. The molecule has 2 nitrogen and oxygen atoms in total. The van der Waals surface area contributed by atoms with Crippen molar-refractivity contribution in [2.24, 2.45) is 5.84 Å². The summed E-state index contributed by atoms with van der Waals surface area (Å²) < 4.78 is 0. The van der Waals surface area contributed by atoms with E-state index < -0.39 is 0 Å². The largest absolute Gasteiger partial charge is 0.271 e. The Kier molecular flexibility index (Phi) is 3.94. The molecular weight excluding hydrogens is 228 g/mol. The van der Waals surface area contributed by atoms with Crippen molar-refractivity contribution in [3.05, 3.63) is 57.3 Å². The van der Waals surface area contributed by atoms with Crippen molar-refractivity contribution in [3.63, 3.8) is 0 Å². The van der Waals surface area contributed by atoms with E-state index in [1.165, 1.54) is 21.6 Å². The topological polar surface area (TPSA) is 38.0 Å². The molecule has 0 amide bonds. The smallest absolute Gasteiger partial charge is 0.0511 e. The Bertz CT molecular complexity index is 490. The number of hydrazine groups is 1. The lowest BCUT2D eigenvalue weighted by Gasteiger charge is -2.17. The van der Waals surface area contributed by atoms with Crippen LogP contribution >= 0.6 is 11.3 Å². The van der Waals surface area contributed by atoms with E-state index in [0.29, 0.717) is 0 Å². The second kappa shape index (κ2) is 5.45. The lowest BCUT2D eigenvalue weighted by atomic mass is 9.97. The third-order valence-electron chi connectivity index (χ3n) is 3.16. The molecule has 1 heterocycles. The van der Waals surface area contributed by atoms with Crippen LogP contribution in [0.25, 0.3) is 0 Å². The second-order valence-electron chi connectivity index (χ2n) is 4.28. The highest BCUT2D eigenvalue weighted by Crippen LogP contribution is 2.25. The SMILES string of the molecule is Cc1ccccc1CC(NN)c1ccsc1C. The molecule has 17 heavy (non-hydrogen) atoms. The van der Waals surface area contributed by atoms with Crippen LogP contribution in [0.5, 0.6) is 0 Å². The molecule has 0 aliphatic rings. The molecule has 0 bridgehead atoms. The fraction of sp³-hybridized carbons (Fsp3) is 0.286. The number of hydrogen-bond donors (Lipinski definition) is 2. The molecule has 0 saturated carbocycles. The zero-order valence-corrected chi connectivity index (χ0v) is 11.1. The van der Waals surface area contributed by atoms with Gasteiger partial charge in [0.1, 0.15) is 0 Å². The van der Waals surface area contributed by atoms with Crippen LogP contribution in [-0.4, -0.2) is 0 Å². The molecule has 1 aromatic heterocycles. The van der Waals surface area contributed by atoms with E-state index in [-0.39, 0.29) is 6.04 Å². The molecule has 0 aliphatic carbocycles. The Balaban J connectivity index is 2.22. The molecule has 2 rings (SSSR count). The van der Waals surface area contributed by atoms with Gasteiger partial charge in [0, 0.05) is 4.88 Å². The predicted molar refractivity (Wildman–Crippen MR) is 74.0 cm³/mol. The molecule has 1 aromatic carbocycles. The highest BCUT2D eigenvalue weighted by molar-refractivity contribution is 7.10. The third-order valence-corrected chi connectivity index (χ3v) is 4.02. The molecule has 0 fully saturated rings. The summed E-state index contributed by atoms with van der Waals surface area (Å²) in [7, 11) is 0. The van der Waals surface area contributed by atoms with Crippen LogP contribution in [-0.2, 0) is 6.42 Å². The van der Waals surface area contributed by atoms with Crippen LogP contribution in [0.2, 0.25) is 0 Å². The molecule has 0 spiro atoms. The molecular formula is C14H18N2S. The van der Waals surface area contributed by atoms with E-state index in [1.54, 1.807) is 11.3 Å². The first kappa shape index (κ1) is 12.3. The van der Waals surface area contributed by atoms with Gasteiger partial charge in [-0.05, 0) is 48.4 Å². The molecule has 3 N–H and O–H groups in total. The third kappa shape index (κ3) is 2.75. The molecule has 90 valence electrons. The minimum absolute atomic E-state index is 0.197. The van der Waals surface area contributed by atoms with Crippen LogP contribution in [0.3, 0.4) is 0 Å². The minimum Gasteiger partial charge on any atom is -0.271 e. The van der Waals surface area contributed by atoms with Crippen molar-refractivity contribution < 1.29 is 0 Å². The lowest BCUT2D eigenvalue weighted by molar-refractivity contribution is 0.550. The van der Waals surface area contributed by atoms with Gasteiger partial charge in [-0.2, -0.15) is 0 Å². The summed E-state index contributed by atoms with van der Waals surface area (Å²) in [6.45, 7) is 4.28. The number of benzene rings is 1. The summed E-state index contributed by atoms with van der Waals surface area (Å²) in [4.78, 5) is 1.33. The van der Waals surface area contributed by atoms with Gasteiger partial charge in [-0.15, -0.1) is 11.3 Å². The highest BCUT2D eigenvalue weighted by Gasteiger charge is 2.14. The summed E-state index contributed by atoms with van der Waals surface area (Å²) in [5.74, 6) is 5.69. The Labute approximate surface area is 106 Å². The summed E-state index contributed by atoms with van der Waals surface area (Å²) in [6, 6.07) is 10.8. The van der Waals surface area contributed by atoms with Gasteiger partial charge in [0.2, 0.25) is 0 Å². The van der Waals surface area contributed by atoms with Crippen LogP contribution in [0.15, 0.2) is 35.7 Å². The van der Waals surface area contributed by atoms with Gasteiger partial charge in [-0.1, -0.05) is 24.3 Å². The summed E-state index contributed by atoms with van der Waals surface area (Å²) >= 11 is 1.77. The van der Waals surface area contributed by atoms with Crippen molar-refractivity contribution in [1.29, 1.82) is 0 Å². The Morgan fingerprint density at radius 1 is 1.24 bits per heavy atom. The first-order chi connectivity index (χ1) is 8.22. The second-order valence-corrected chi connectivity index (χ2v) is 5.40. The first-order valence-electron chi connectivity index (χ1n) is 5.77.